The van der Waals surface area contributed by atoms with Crippen LogP contribution in [0.15, 0.2) is 41.3 Å². The molecular weight excluding hydrogens is 336 g/mol. The summed E-state index contributed by atoms with van der Waals surface area (Å²) in [4.78, 5) is 10.3. The van der Waals surface area contributed by atoms with Crippen LogP contribution >= 0.6 is 0 Å². The lowest BCUT2D eigenvalue weighted by atomic mass is 10.2. The fourth-order valence-electron chi connectivity index (χ4n) is 2.13. The molecule has 0 radical (unpaired) electrons. The van der Waals surface area contributed by atoms with Crippen molar-refractivity contribution in [3.8, 4) is 11.5 Å². The Bertz CT molecular complexity index is 880. The molecule has 8 nitrogen and oxygen atoms in total. The lowest BCUT2D eigenvalue weighted by Crippen LogP contribution is -2.15. The van der Waals surface area contributed by atoms with Crippen LogP contribution in [-0.2, 0) is 10.0 Å². The van der Waals surface area contributed by atoms with Gasteiger partial charge in [0.1, 0.15) is 16.4 Å². The molecule has 128 valence electrons. The zero-order valence-electron chi connectivity index (χ0n) is 13.3. The fraction of sp³-hybridized carbons (Fsp3) is 0.200. The molecule has 0 bridgehead atoms. The van der Waals surface area contributed by atoms with Crippen molar-refractivity contribution >= 4 is 21.4 Å². The largest absolute Gasteiger partial charge is 0.497 e. The maximum atomic E-state index is 12.7. The van der Waals surface area contributed by atoms with Gasteiger partial charge in [0.2, 0.25) is 0 Å². The maximum absolute atomic E-state index is 12.7. The summed E-state index contributed by atoms with van der Waals surface area (Å²) in [7, 11) is -1.27. The van der Waals surface area contributed by atoms with Gasteiger partial charge in [-0.05, 0) is 25.1 Å². The molecule has 0 saturated heterocycles. The van der Waals surface area contributed by atoms with Crippen LogP contribution in [-0.4, -0.2) is 27.6 Å². The van der Waals surface area contributed by atoms with E-state index >= 15 is 0 Å². The predicted octanol–water partition coefficient (Wildman–Crippen LogP) is 2.72. The number of anilines is 1. The maximum Gasteiger partial charge on any atom is 0.274 e. The van der Waals surface area contributed by atoms with Crippen LogP contribution in [0.5, 0.6) is 11.5 Å². The molecule has 0 aliphatic rings. The van der Waals surface area contributed by atoms with Gasteiger partial charge in [0.05, 0.1) is 30.4 Å². The number of nitro groups is 1. The van der Waals surface area contributed by atoms with Crippen LogP contribution in [0.25, 0.3) is 0 Å². The quantitative estimate of drug-likeness (QED) is 0.632. The van der Waals surface area contributed by atoms with E-state index in [1.54, 1.807) is 6.07 Å². The Balaban J connectivity index is 2.50. The van der Waals surface area contributed by atoms with Crippen molar-refractivity contribution in [1.29, 1.82) is 0 Å². The minimum absolute atomic E-state index is 0.120. The lowest BCUT2D eigenvalue weighted by Gasteiger charge is -2.14. The summed E-state index contributed by atoms with van der Waals surface area (Å²) in [6.07, 6.45) is 0. The molecule has 0 amide bonds. The minimum atomic E-state index is -4.03. The average molecular weight is 352 g/mol. The molecule has 2 rings (SSSR count). The average Bonchev–Trinajstić information content (AvgIpc) is 2.55. The summed E-state index contributed by atoms with van der Waals surface area (Å²) in [5.41, 5.74) is 0.162. The minimum Gasteiger partial charge on any atom is -0.497 e. The summed E-state index contributed by atoms with van der Waals surface area (Å²) in [5, 5.41) is 11.0. The molecule has 0 aromatic heterocycles. The number of rotatable bonds is 6. The van der Waals surface area contributed by atoms with Gasteiger partial charge in [-0.3, -0.25) is 14.8 Å². The predicted molar refractivity (Wildman–Crippen MR) is 88.2 cm³/mol. The number of sulfonamides is 1. The standard InChI is InChI=1S/C15H16N2O6S/c1-10-12(5-4-6-13(10)17(18)19)16-24(20,21)15-9-11(22-2)7-8-14(15)23-3/h4-9,16H,1-3H3. The first-order chi connectivity index (χ1) is 11.3. The summed E-state index contributed by atoms with van der Waals surface area (Å²) >= 11 is 0. The molecule has 2 aromatic rings. The van der Waals surface area contributed by atoms with Gasteiger partial charge in [-0.2, -0.15) is 0 Å². The Kier molecular flexibility index (Phi) is 4.93. The normalized spacial score (nSPS) is 11.0. The molecule has 2 aromatic carbocycles. The van der Waals surface area contributed by atoms with Gasteiger partial charge < -0.3 is 9.47 Å². The summed E-state index contributed by atoms with van der Waals surface area (Å²) in [5.74, 6) is 0.471. The van der Waals surface area contributed by atoms with E-state index in [0.717, 1.165) is 0 Å². The molecule has 0 saturated carbocycles. The van der Waals surface area contributed by atoms with E-state index in [1.165, 1.54) is 51.5 Å². The molecule has 0 unspecified atom stereocenters. The number of nitrogens with zero attached hydrogens (tertiary/aromatic N) is 1. The highest BCUT2D eigenvalue weighted by Gasteiger charge is 2.23. The van der Waals surface area contributed by atoms with Gasteiger partial charge in [-0.25, -0.2) is 8.42 Å². The van der Waals surface area contributed by atoms with Gasteiger partial charge >= 0.3 is 0 Å². The number of benzene rings is 2. The monoisotopic (exact) mass is 352 g/mol. The van der Waals surface area contributed by atoms with E-state index in [0.29, 0.717) is 5.75 Å². The van der Waals surface area contributed by atoms with Gasteiger partial charge in [-0.15, -0.1) is 0 Å². The number of hydrogen-bond acceptors (Lipinski definition) is 6. The first-order valence-electron chi connectivity index (χ1n) is 6.79. The van der Waals surface area contributed by atoms with Crippen LogP contribution in [0.2, 0.25) is 0 Å². The van der Waals surface area contributed by atoms with Crippen LogP contribution in [0.3, 0.4) is 0 Å². The Morgan fingerprint density at radius 3 is 2.42 bits per heavy atom. The Morgan fingerprint density at radius 2 is 1.83 bits per heavy atom. The van der Waals surface area contributed by atoms with E-state index in [9.17, 15) is 18.5 Å². The second-order valence-electron chi connectivity index (χ2n) is 4.83. The molecule has 24 heavy (non-hydrogen) atoms. The van der Waals surface area contributed by atoms with Crippen molar-refractivity contribution in [2.24, 2.45) is 0 Å². The molecule has 9 heteroatoms. The Labute approximate surface area is 139 Å². The second-order valence-corrected chi connectivity index (χ2v) is 6.48. The van der Waals surface area contributed by atoms with Gasteiger partial charge in [-0.1, -0.05) is 6.07 Å². The molecule has 1 N–H and O–H groups in total. The number of methoxy groups -OCH3 is 2. The Hall–Kier alpha value is -2.81. The third kappa shape index (κ3) is 3.40. The lowest BCUT2D eigenvalue weighted by molar-refractivity contribution is -0.385. The molecule has 0 atom stereocenters. The van der Waals surface area contributed by atoms with Crippen LogP contribution < -0.4 is 14.2 Å². The van der Waals surface area contributed by atoms with E-state index in [4.69, 9.17) is 9.47 Å². The van der Waals surface area contributed by atoms with E-state index < -0.39 is 14.9 Å². The van der Waals surface area contributed by atoms with Gasteiger partial charge in [0.25, 0.3) is 15.7 Å². The highest BCUT2D eigenvalue weighted by Crippen LogP contribution is 2.32. The number of hydrogen-bond donors (Lipinski definition) is 1. The SMILES string of the molecule is COc1ccc(OC)c(S(=O)(=O)Nc2cccc([N+](=O)[O-])c2C)c1. The third-order valence-electron chi connectivity index (χ3n) is 3.41. The van der Waals surface area contributed by atoms with Crippen LogP contribution in [0.1, 0.15) is 5.56 Å². The smallest absolute Gasteiger partial charge is 0.274 e. The molecular formula is C15H16N2O6S. The van der Waals surface area contributed by atoms with E-state index in [-0.39, 0.29) is 27.6 Å². The molecule has 0 aliphatic carbocycles. The third-order valence-corrected chi connectivity index (χ3v) is 4.79. The van der Waals surface area contributed by atoms with Crippen molar-refractivity contribution in [1.82, 2.24) is 0 Å². The molecule has 0 fully saturated rings. The summed E-state index contributed by atoms with van der Waals surface area (Å²) in [6.45, 7) is 1.47. The molecule has 0 heterocycles. The number of nitrogens with one attached hydrogen (secondary N) is 1. The number of nitro benzene ring substituents is 1. The summed E-state index contributed by atoms with van der Waals surface area (Å²) < 4.78 is 37.8. The zero-order valence-corrected chi connectivity index (χ0v) is 14.1. The molecule has 0 aliphatic heterocycles. The van der Waals surface area contributed by atoms with E-state index in [2.05, 4.69) is 4.72 Å². The van der Waals surface area contributed by atoms with Crippen molar-refractivity contribution < 1.29 is 22.8 Å². The first kappa shape index (κ1) is 17.5. The van der Waals surface area contributed by atoms with Crippen LogP contribution in [0, 0.1) is 17.0 Å². The second kappa shape index (κ2) is 6.75. The van der Waals surface area contributed by atoms with Crippen molar-refractivity contribution in [2.45, 2.75) is 11.8 Å². The topological polar surface area (TPSA) is 108 Å². The molecule has 0 spiro atoms. The Morgan fingerprint density at radius 1 is 1.12 bits per heavy atom. The van der Waals surface area contributed by atoms with Gasteiger partial charge in [0.15, 0.2) is 0 Å². The fourth-order valence-corrected chi connectivity index (χ4v) is 3.43. The van der Waals surface area contributed by atoms with Gasteiger partial charge in [0, 0.05) is 12.1 Å². The first-order valence-corrected chi connectivity index (χ1v) is 8.27. The summed E-state index contributed by atoms with van der Waals surface area (Å²) in [6, 6.07) is 8.51. The zero-order chi connectivity index (χ0) is 17.9. The highest BCUT2D eigenvalue weighted by molar-refractivity contribution is 7.92. The van der Waals surface area contributed by atoms with Crippen molar-refractivity contribution in [3.05, 3.63) is 52.1 Å². The van der Waals surface area contributed by atoms with E-state index in [1.807, 2.05) is 0 Å². The number of ether oxygens (including phenoxy) is 2. The van der Waals surface area contributed by atoms with Crippen LogP contribution in [0.4, 0.5) is 11.4 Å². The highest BCUT2D eigenvalue weighted by atomic mass is 32.2. The van der Waals surface area contributed by atoms with Crippen molar-refractivity contribution in [3.63, 3.8) is 0 Å². The van der Waals surface area contributed by atoms with Crippen molar-refractivity contribution in [2.75, 3.05) is 18.9 Å².